The van der Waals surface area contributed by atoms with Crippen LogP contribution in [0.3, 0.4) is 0 Å². The summed E-state index contributed by atoms with van der Waals surface area (Å²) in [6, 6.07) is 6.48. The minimum Gasteiger partial charge on any atom is -0.370 e. The Hall–Kier alpha value is -1.96. The number of alkyl halides is 3. The van der Waals surface area contributed by atoms with Gasteiger partial charge in [-0.2, -0.15) is 13.2 Å². The Morgan fingerprint density at radius 2 is 1.91 bits per heavy atom. The van der Waals surface area contributed by atoms with Gasteiger partial charge in [-0.05, 0) is 31.5 Å². The average Bonchev–Trinajstić information content (AvgIpc) is 2.36. The highest BCUT2D eigenvalue weighted by Crippen LogP contribution is 2.32. The largest absolute Gasteiger partial charge is 0.432 e. The van der Waals surface area contributed by atoms with E-state index in [9.17, 15) is 13.2 Å². The highest BCUT2D eigenvalue weighted by molar-refractivity contribution is 6.30. The van der Waals surface area contributed by atoms with E-state index in [4.69, 9.17) is 17.3 Å². The summed E-state index contributed by atoms with van der Waals surface area (Å²) in [7, 11) is 0. The van der Waals surface area contributed by atoms with E-state index >= 15 is 0 Å². The quantitative estimate of drug-likeness (QED) is 0.778. The first-order chi connectivity index (χ1) is 10.1. The zero-order chi connectivity index (χ0) is 16.5. The predicted molar refractivity (Wildman–Crippen MR) is 79.7 cm³/mol. The molecular formula is C13H15ClF3N5. The van der Waals surface area contributed by atoms with Gasteiger partial charge in [-0.15, -0.1) is 0 Å². The Bertz CT molecular complexity index is 611. The number of aliphatic imine (C=N–C) groups is 2. The van der Waals surface area contributed by atoms with Crippen molar-refractivity contribution >= 4 is 23.5 Å². The van der Waals surface area contributed by atoms with Crippen molar-refractivity contribution in [2.45, 2.75) is 31.7 Å². The Kier molecular flexibility index (Phi) is 4.23. The molecule has 22 heavy (non-hydrogen) atoms. The molecule has 2 rings (SSSR count). The van der Waals surface area contributed by atoms with Crippen LogP contribution in [0.15, 0.2) is 34.3 Å². The molecule has 0 spiro atoms. The molecule has 0 bridgehead atoms. The molecule has 120 valence electrons. The third-order valence-corrected chi connectivity index (χ3v) is 3.43. The average molecular weight is 334 g/mol. The van der Waals surface area contributed by atoms with E-state index in [0.29, 0.717) is 5.02 Å². The molecule has 2 unspecified atom stereocenters. The van der Waals surface area contributed by atoms with Gasteiger partial charge < -0.3 is 11.1 Å². The second-order valence-electron chi connectivity index (χ2n) is 5.02. The summed E-state index contributed by atoms with van der Waals surface area (Å²) in [4.78, 5) is 7.56. The highest BCUT2D eigenvalue weighted by atomic mass is 35.5. The first kappa shape index (κ1) is 16.4. The Labute approximate surface area is 130 Å². The maximum atomic E-state index is 13.1. The SMILES string of the molecule is CC(N=C1NC(N)=NC(C)(C(F)(F)F)N1)c1ccc(Cl)cc1. The zero-order valence-electron chi connectivity index (χ0n) is 11.9. The number of benzene rings is 1. The van der Waals surface area contributed by atoms with Crippen LogP contribution in [0.5, 0.6) is 0 Å². The topological polar surface area (TPSA) is 74.8 Å². The number of rotatable bonds is 2. The molecule has 1 aromatic rings. The van der Waals surface area contributed by atoms with Gasteiger partial charge in [-0.25, -0.2) is 9.98 Å². The van der Waals surface area contributed by atoms with Crippen LogP contribution in [-0.4, -0.2) is 23.8 Å². The van der Waals surface area contributed by atoms with Crippen molar-refractivity contribution in [1.82, 2.24) is 10.6 Å². The Balaban J connectivity index is 2.26. The second kappa shape index (κ2) is 5.68. The summed E-state index contributed by atoms with van der Waals surface area (Å²) < 4.78 is 39.2. The molecule has 0 radical (unpaired) electrons. The first-order valence-corrected chi connectivity index (χ1v) is 6.79. The van der Waals surface area contributed by atoms with Crippen LogP contribution in [0.25, 0.3) is 0 Å². The third kappa shape index (κ3) is 3.44. The first-order valence-electron chi connectivity index (χ1n) is 6.41. The third-order valence-electron chi connectivity index (χ3n) is 3.18. The predicted octanol–water partition coefficient (Wildman–Crippen LogP) is 2.54. The monoisotopic (exact) mass is 333 g/mol. The minimum atomic E-state index is -4.61. The van der Waals surface area contributed by atoms with E-state index in [0.717, 1.165) is 12.5 Å². The maximum absolute atomic E-state index is 13.1. The van der Waals surface area contributed by atoms with Crippen molar-refractivity contribution in [1.29, 1.82) is 0 Å². The van der Waals surface area contributed by atoms with Crippen LogP contribution >= 0.6 is 11.6 Å². The van der Waals surface area contributed by atoms with Gasteiger partial charge in [-0.1, -0.05) is 23.7 Å². The van der Waals surface area contributed by atoms with Crippen molar-refractivity contribution in [2.75, 3.05) is 0 Å². The molecule has 0 aromatic heterocycles. The number of halogens is 4. The van der Waals surface area contributed by atoms with E-state index in [-0.39, 0.29) is 11.9 Å². The fourth-order valence-electron chi connectivity index (χ4n) is 1.89. The summed E-state index contributed by atoms with van der Waals surface area (Å²) in [6.45, 7) is 2.63. The summed E-state index contributed by atoms with van der Waals surface area (Å²) in [6.07, 6.45) is -4.61. The van der Waals surface area contributed by atoms with Gasteiger partial charge in [0, 0.05) is 5.02 Å². The molecule has 0 aliphatic carbocycles. The van der Waals surface area contributed by atoms with E-state index in [1.165, 1.54) is 0 Å². The molecule has 9 heteroatoms. The lowest BCUT2D eigenvalue weighted by molar-refractivity contribution is -0.184. The molecule has 5 nitrogen and oxygen atoms in total. The van der Waals surface area contributed by atoms with Gasteiger partial charge in [0.1, 0.15) is 0 Å². The van der Waals surface area contributed by atoms with Crippen LogP contribution in [0.4, 0.5) is 13.2 Å². The van der Waals surface area contributed by atoms with Crippen molar-refractivity contribution in [2.24, 2.45) is 15.7 Å². The minimum absolute atomic E-state index is 0.0882. The molecule has 0 saturated carbocycles. The lowest BCUT2D eigenvalue weighted by Gasteiger charge is -2.34. The number of guanidine groups is 2. The molecule has 1 aliphatic heterocycles. The Morgan fingerprint density at radius 1 is 1.32 bits per heavy atom. The summed E-state index contributed by atoms with van der Waals surface area (Å²) in [5, 5.41) is 5.30. The van der Waals surface area contributed by atoms with Crippen LogP contribution in [-0.2, 0) is 0 Å². The van der Waals surface area contributed by atoms with Crippen molar-refractivity contribution in [3.05, 3.63) is 34.9 Å². The van der Waals surface area contributed by atoms with Gasteiger partial charge in [0.15, 0.2) is 5.96 Å². The maximum Gasteiger partial charge on any atom is 0.432 e. The van der Waals surface area contributed by atoms with Gasteiger partial charge in [0.2, 0.25) is 11.6 Å². The van der Waals surface area contributed by atoms with Crippen molar-refractivity contribution in [3.63, 3.8) is 0 Å². The molecule has 1 aliphatic rings. The molecule has 1 aromatic carbocycles. The van der Waals surface area contributed by atoms with E-state index in [2.05, 4.69) is 20.6 Å². The van der Waals surface area contributed by atoms with Crippen LogP contribution < -0.4 is 16.4 Å². The van der Waals surface area contributed by atoms with Gasteiger partial charge in [-0.3, -0.25) is 5.32 Å². The standard InChI is InChI=1S/C13H15ClF3N5/c1-7(8-3-5-9(14)6-4-8)19-11-20-10(18)21-12(2,22-11)13(15,16)17/h3-7H,1-2H3,(H4,18,19,20,21,22). The number of hydrogen-bond donors (Lipinski definition) is 3. The molecule has 0 saturated heterocycles. The lowest BCUT2D eigenvalue weighted by atomic mass is 10.1. The number of nitrogens with one attached hydrogen (secondary N) is 2. The number of nitrogens with two attached hydrogens (primary N) is 1. The van der Waals surface area contributed by atoms with Crippen molar-refractivity contribution in [3.8, 4) is 0 Å². The smallest absolute Gasteiger partial charge is 0.370 e. The molecule has 1 heterocycles. The molecular weight excluding hydrogens is 319 g/mol. The van der Waals surface area contributed by atoms with Crippen molar-refractivity contribution < 1.29 is 13.2 Å². The normalized spacial score (nSPS) is 25.2. The lowest BCUT2D eigenvalue weighted by Crippen LogP contribution is -2.64. The van der Waals surface area contributed by atoms with Crippen LogP contribution in [0, 0.1) is 0 Å². The fraction of sp³-hybridized carbons (Fsp3) is 0.385. The zero-order valence-corrected chi connectivity index (χ0v) is 12.6. The highest BCUT2D eigenvalue weighted by Gasteiger charge is 2.54. The van der Waals surface area contributed by atoms with E-state index in [1.807, 2.05) is 0 Å². The van der Waals surface area contributed by atoms with Gasteiger partial charge >= 0.3 is 6.18 Å². The number of nitrogens with zero attached hydrogens (tertiary/aromatic N) is 2. The summed E-state index contributed by atoms with van der Waals surface area (Å²) >= 11 is 5.80. The fourth-order valence-corrected chi connectivity index (χ4v) is 2.01. The number of hydrogen-bond acceptors (Lipinski definition) is 3. The van der Waals surface area contributed by atoms with Crippen LogP contribution in [0.2, 0.25) is 5.02 Å². The Morgan fingerprint density at radius 3 is 2.45 bits per heavy atom. The summed E-state index contributed by atoms with van der Waals surface area (Å²) in [5.41, 5.74) is 3.72. The van der Waals surface area contributed by atoms with Crippen LogP contribution in [0.1, 0.15) is 25.5 Å². The second-order valence-corrected chi connectivity index (χ2v) is 5.46. The van der Waals surface area contributed by atoms with E-state index < -0.39 is 17.9 Å². The molecule has 4 N–H and O–H groups in total. The molecule has 0 amide bonds. The molecule has 0 fully saturated rings. The molecule has 2 atom stereocenters. The van der Waals surface area contributed by atoms with E-state index in [1.54, 1.807) is 31.2 Å². The van der Waals surface area contributed by atoms with Gasteiger partial charge in [0.25, 0.3) is 0 Å². The summed E-state index contributed by atoms with van der Waals surface area (Å²) in [5.74, 6) is -0.435. The van der Waals surface area contributed by atoms with Gasteiger partial charge in [0.05, 0.1) is 6.04 Å².